The third-order valence-electron chi connectivity index (χ3n) is 1.00. The van der Waals surface area contributed by atoms with Crippen molar-refractivity contribution < 1.29 is 9.59 Å². The summed E-state index contributed by atoms with van der Waals surface area (Å²) in [4.78, 5) is 20.0. The minimum atomic E-state index is 0.109. The highest BCUT2D eigenvalue weighted by Crippen LogP contribution is 1.84. The van der Waals surface area contributed by atoms with Gasteiger partial charge in [0.15, 0.2) is 5.78 Å². The summed E-state index contributed by atoms with van der Waals surface area (Å²) in [6.07, 6.45) is 4.97. The topological polar surface area (TPSA) is 34.1 Å². The summed E-state index contributed by atoms with van der Waals surface area (Å²) in [5.41, 5.74) is 0. The van der Waals surface area contributed by atoms with Crippen molar-refractivity contribution in [3.05, 3.63) is 12.2 Å². The molecule has 12 heavy (non-hydrogen) atoms. The van der Waals surface area contributed by atoms with Gasteiger partial charge in [0.05, 0.1) is 0 Å². The number of ketones is 2. The standard InChI is InChI=1S/C5H10O.C5H8O/c2*1-3-4-5(2)6/h3-4H2,1-2H3;3-4H,1-2H3/b;4-3+. The van der Waals surface area contributed by atoms with Crippen molar-refractivity contribution in [2.24, 2.45) is 0 Å². The molecule has 0 amide bonds. The minimum Gasteiger partial charge on any atom is -0.300 e. The van der Waals surface area contributed by atoms with Crippen LogP contribution in [0.15, 0.2) is 12.2 Å². The second kappa shape index (κ2) is 10.1. The van der Waals surface area contributed by atoms with Crippen molar-refractivity contribution >= 4 is 11.6 Å². The quantitative estimate of drug-likeness (QED) is 0.610. The molecule has 0 unspecified atom stereocenters. The molecule has 0 spiro atoms. The van der Waals surface area contributed by atoms with E-state index in [-0.39, 0.29) is 11.6 Å². The van der Waals surface area contributed by atoms with E-state index in [1.54, 1.807) is 13.0 Å². The highest BCUT2D eigenvalue weighted by atomic mass is 16.1. The molecule has 0 atom stereocenters. The maximum Gasteiger partial charge on any atom is 0.152 e. The number of hydrogen-bond donors (Lipinski definition) is 0. The molecule has 0 aliphatic rings. The molecule has 0 aromatic rings. The van der Waals surface area contributed by atoms with E-state index in [9.17, 15) is 9.59 Å². The van der Waals surface area contributed by atoms with Crippen molar-refractivity contribution in [1.29, 1.82) is 0 Å². The molecule has 2 nitrogen and oxygen atoms in total. The second-order valence-electron chi connectivity index (χ2n) is 2.56. The number of carbonyl (C=O) groups excluding carboxylic acids is 2. The predicted molar refractivity (Wildman–Crippen MR) is 51.1 cm³/mol. The zero-order valence-electron chi connectivity index (χ0n) is 8.39. The molecule has 0 radical (unpaired) electrons. The summed E-state index contributed by atoms with van der Waals surface area (Å²) in [6.45, 7) is 6.96. The molecule has 70 valence electrons. The van der Waals surface area contributed by atoms with E-state index in [2.05, 4.69) is 0 Å². The number of Topliss-reactive ketones (excluding diaryl/α,β-unsaturated/α-hetero) is 1. The van der Waals surface area contributed by atoms with Crippen LogP contribution in [0.5, 0.6) is 0 Å². The van der Waals surface area contributed by atoms with Gasteiger partial charge in [-0.1, -0.05) is 13.0 Å². The van der Waals surface area contributed by atoms with Gasteiger partial charge in [-0.2, -0.15) is 0 Å². The Morgan fingerprint density at radius 3 is 1.75 bits per heavy atom. The number of rotatable bonds is 3. The van der Waals surface area contributed by atoms with E-state index >= 15 is 0 Å². The third kappa shape index (κ3) is 23.0. The molecule has 0 aliphatic heterocycles. The van der Waals surface area contributed by atoms with Crippen molar-refractivity contribution in [1.82, 2.24) is 0 Å². The fraction of sp³-hybridized carbons (Fsp3) is 0.600. The van der Waals surface area contributed by atoms with Crippen LogP contribution in [0.1, 0.15) is 40.5 Å². The van der Waals surface area contributed by atoms with Crippen LogP contribution in [0.25, 0.3) is 0 Å². The van der Waals surface area contributed by atoms with Crippen LogP contribution in [0.3, 0.4) is 0 Å². The summed E-state index contributed by atoms with van der Waals surface area (Å²) in [5, 5.41) is 0. The monoisotopic (exact) mass is 170 g/mol. The molecule has 0 N–H and O–H groups in total. The molecule has 0 saturated carbocycles. The van der Waals surface area contributed by atoms with Gasteiger partial charge in [-0.15, -0.1) is 0 Å². The third-order valence-corrected chi connectivity index (χ3v) is 1.00. The van der Waals surface area contributed by atoms with Crippen LogP contribution in [0.4, 0.5) is 0 Å². The molecule has 0 aliphatic carbocycles. The molecule has 0 fully saturated rings. The van der Waals surface area contributed by atoms with Crippen molar-refractivity contribution in [2.45, 2.75) is 40.5 Å². The van der Waals surface area contributed by atoms with Gasteiger partial charge in [-0.25, -0.2) is 0 Å². The van der Waals surface area contributed by atoms with E-state index in [1.165, 1.54) is 13.0 Å². The van der Waals surface area contributed by atoms with Crippen LogP contribution < -0.4 is 0 Å². The van der Waals surface area contributed by atoms with E-state index in [1.807, 2.05) is 13.8 Å². The second-order valence-corrected chi connectivity index (χ2v) is 2.56. The SMILES string of the molecule is C/C=C/C(C)=O.CCCC(C)=O. The highest BCUT2D eigenvalue weighted by Gasteiger charge is 1.83. The maximum absolute atomic E-state index is 10.0. The molecule has 0 heterocycles. The fourth-order valence-electron chi connectivity index (χ4n) is 0.587. The Balaban J connectivity index is 0. The average Bonchev–Trinajstić information content (AvgIpc) is 1.87. The van der Waals surface area contributed by atoms with Gasteiger partial charge in [-0.05, 0) is 33.3 Å². The lowest BCUT2D eigenvalue weighted by Crippen LogP contribution is -1.84. The highest BCUT2D eigenvalue weighted by molar-refractivity contribution is 5.87. The predicted octanol–water partition coefficient (Wildman–Crippen LogP) is 2.53. The summed E-state index contributed by atoms with van der Waals surface area (Å²) in [5.74, 6) is 0.398. The summed E-state index contributed by atoms with van der Waals surface area (Å²) >= 11 is 0. The van der Waals surface area contributed by atoms with E-state index in [4.69, 9.17) is 0 Å². The van der Waals surface area contributed by atoms with E-state index < -0.39 is 0 Å². The van der Waals surface area contributed by atoms with Crippen LogP contribution in [-0.4, -0.2) is 11.6 Å². The summed E-state index contributed by atoms with van der Waals surface area (Å²) in [6, 6.07) is 0. The number of allylic oxidation sites excluding steroid dienone is 2. The van der Waals surface area contributed by atoms with Crippen LogP contribution in [0, 0.1) is 0 Å². The van der Waals surface area contributed by atoms with Gasteiger partial charge >= 0.3 is 0 Å². The zero-order valence-corrected chi connectivity index (χ0v) is 8.39. The van der Waals surface area contributed by atoms with Gasteiger partial charge in [0, 0.05) is 6.42 Å². The molecule has 0 bridgehead atoms. The zero-order chi connectivity index (χ0) is 9.98. The first-order chi connectivity index (χ1) is 5.54. The normalized spacial score (nSPS) is 9.00. The first kappa shape index (κ1) is 13.7. The first-order valence-electron chi connectivity index (χ1n) is 4.17. The maximum atomic E-state index is 10.0. The average molecular weight is 170 g/mol. The summed E-state index contributed by atoms with van der Waals surface area (Å²) < 4.78 is 0. The van der Waals surface area contributed by atoms with Crippen LogP contribution >= 0.6 is 0 Å². The lowest BCUT2D eigenvalue weighted by Gasteiger charge is -1.80. The Labute approximate surface area is 74.7 Å². The number of hydrogen-bond acceptors (Lipinski definition) is 2. The molecular formula is C10H18O2. The molecule has 2 heteroatoms. The van der Waals surface area contributed by atoms with E-state index in [0.29, 0.717) is 0 Å². The van der Waals surface area contributed by atoms with Gasteiger partial charge in [0.25, 0.3) is 0 Å². The van der Waals surface area contributed by atoms with Gasteiger partial charge in [0.2, 0.25) is 0 Å². The van der Waals surface area contributed by atoms with Crippen molar-refractivity contribution in [3.8, 4) is 0 Å². The van der Waals surface area contributed by atoms with Crippen LogP contribution in [0.2, 0.25) is 0 Å². The summed E-state index contributed by atoms with van der Waals surface area (Å²) in [7, 11) is 0. The Morgan fingerprint density at radius 1 is 1.25 bits per heavy atom. The van der Waals surface area contributed by atoms with Crippen molar-refractivity contribution in [3.63, 3.8) is 0 Å². The molecule has 0 saturated heterocycles. The van der Waals surface area contributed by atoms with Gasteiger partial charge < -0.3 is 4.79 Å². The lowest BCUT2D eigenvalue weighted by molar-refractivity contribution is -0.117. The Hall–Kier alpha value is -0.920. The Kier molecular flexibility index (Phi) is 11.5. The van der Waals surface area contributed by atoms with Crippen LogP contribution in [-0.2, 0) is 9.59 Å². The smallest absolute Gasteiger partial charge is 0.152 e. The molecular weight excluding hydrogens is 152 g/mol. The fourth-order valence-corrected chi connectivity index (χ4v) is 0.587. The minimum absolute atomic E-state index is 0.109. The Bertz CT molecular complexity index is 157. The molecule has 0 aromatic carbocycles. The first-order valence-corrected chi connectivity index (χ1v) is 4.17. The molecule has 0 rings (SSSR count). The lowest BCUT2D eigenvalue weighted by atomic mass is 10.3. The van der Waals surface area contributed by atoms with E-state index in [0.717, 1.165) is 12.8 Å². The largest absolute Gasteiger partial charge is 0.300 e. The Morgan fingerprint density at radius 2 is 1.75 bits per heavy atom. The van der Waals surface area contributed by atoms with Gasteiger partial charge in [0.1, 0.15) is 5.78 Å². The molecule has 0 aromatic heterocycles. The number of carbonyl (C=O) groups is 2. The van der Waals surface area contributed by atoms with Gasteiger partial charge in [-0.3, -0.25) is 4.79 Å². The van der Waals surface area contributed by atoms with Crippen molar-refractivity contribution in [2.75, 3.05) is 0 Å².